The van der Waals surface area contributed by atoms with Crippen LogP contribution in [0.1, 0.15) is 29.3 Å². The predicted molar refractivity (Wildman–Crippen MR) is 120 cm³/mol. The Labute approximate surface area is 187 Å². The van der Waals surface area contributed by atoms with Crippen LogP contribution in [0.25, 0.3) is 0 Å². The Bertz CT molecular complexity index is 1090. The van der Waals surface area contributed by atoms with E-state index < -0.39 is 0 Å². The number of hydrogen-bond donors (Lipinski definition) is 0. The first kappa shape index (κ1) is 19.5. The van der Waals surface area contributed by atoms with Gasteiger partial charge in [-0.2, -0.15) is 0 Å². The molecule has 1 saturated heterocycles. The molecule has 2 bridgehead atoms. The van der Waals surface area contributed by atoms with E-state index in [0.29, 0.717) is 23.1 Å². The zero-order valence-corrected chi connectivity index (χ0v) is 18.1. The van der Waals surface area contributed by atoms with Crippen molar-refractivity contribution < 1.29 is 14.4 Å². The van der Waals surface area contributed by atoms with Gasteiger partial charge in [-0.05, 0) is 66.3 Å². The standard InChI is InChI=1S/C27H26N2O3/c1-2-16-8-10-18(11-9-16)28(25(30)17-6-4-3-5-7-17)15-29-26(31)23-19-12-13-20(22-14-21(19)22)24(23)27(29)32/h3-13,19-24H,2,14-15H2,1H3/t19-,20-,21-,22-,23+,24+/m1/s1. The van der Waals surface area contributed by atoms with Crippen LogP contribution in [-0.4, -0.2) is 29.3 Å². The van der Waals surface area contributed by atoms with Crippen molar-refractivity contribution in [2.45, 2.75) is 19.8 Å². The lowest BCUT2D eigenvalue weighted by Crippen LogP contribution is -2.45. The molecule has 0 aromatic heterocycles. The lowest BCUT2D eigenvalue weighted by Gasteiger charge is -2.37. The molecule has 7 rings (SSSR count). The van der Waals surface area contributed by atoms with Crippen molar-refractivity contribution in [3.63, 3.8) is 0 Å². The summed E-state index contributed by atoms with van der Waals surface area (Å²) in [5.74, 6) is 0.542. The number of nitrogens with zero attached hydrogens (tertiary/aromatic N) is 2. The Hall–Kier alpha value is -3.21. The molecule has 1 heterocycles. The summed E-state index contributed by atoms with van der Waals surface area (Å²) in [6, 6.07) is 16.8. The fourth-order valence-corrected chi connectivity index (χ4v) is 6.21. The molecule has 3 amide bonds. The van der Waals surface area contributed by atoms with Crippen LogP contribution in [0.2, 0.25) is 0 Å². The Morgan fingerprint density at radius 2 is 1.50 bits per heavy atom. The van der Waals surface area contributed by atoms with E-state index in [4.69, 9.17) is 0 Å². The molecule has 6 atom stereocenters. The maximum absolute atomic E-state index is 13.5. The van der Waals surface area contributed by atoms with Crippen molar-refractivity contribution in [3.05, 3.63) is 77.9 Å². The van der Waals surface area contributed by atoms with E-state index >= 15 is 0 Å². The Morgan fingerprint density at radius 1 is 0.906 bits per heavy atom. The molecule has 0 N–H and O–H groups in total. The van der Waals surface area contributed by atoms with Crippen LogP contribution >= 0.6 is 0 Å². The van der Waals surface area contributed by atoms with Crippen LogP contribution in [0.5, 0.6) is 0 Å². The third-order valence-electron chi connectivity index (χ3n) is 7.96. The molecule has 0 unspecified atom stereocenters. The summed E-state index contributed by atoms with van der Waals surface area (Å²) >= 11 is 0. The molecule has 2 aromatic carbocycles. The molecule has 5 heteroatoms. The monoisotopic (exact) mass is 426 g/mol. The van der Waals surface area contributed by atoms with E-state index in [1.165, 1.54) is 10.5 Å². The van der Waals surface area contributed by atoms with Gasteiger partial charge in [-0.25, -0.2) is 0 Å². The second-order valence-electron chi connectivity index (χ2n) is 9.52. The first-order chi connectivity index (χ1) is 15.6. The second kappa shape index (κ2) is 7.16. The molecule has 5 aliphatic rings. The summed E-state index contributed by atoms with van der Waals surface area (Å²) in [7, 11) is 0. The summed E-state index contributed by atoms with van der Waals surface area (Å²) < 4.78 is 0. The number of hydrogen-bond acceptors (Lipinski definition) is 3. The molecule has 2 aromatic rings. The number of carbonyl (C=O) groups is 3. The van der Waals surface area contributed by atoms with E-state index in [9.17, 15) is 14.4 Å². The molecular formula is C27H26N2O3. The first-order valence-corrected chi connectivity index (χ1v) is 11.6. The molecule has 1 aliphatic heterocycles. The maximum atomic E-state index is 13.5. The first-order valence-electron chi connectivity index (χ1n) is 11.6. The van der Waals surface area contributed by atoms with E-state index in [1.807, 2.05) is 42.5 Å². The molecule has 5 nitrogen and oxygen atoms in total. The highest BCUT2D eigenvalue weighted by atomic mass is 16.2. The summed E-state index contributed by atoms with van der Waals surface area (Å²) in [6.45, 7) is 2.04. The lowest BCUT2D eigenvalue weighted by molar-refractivity contribution is -0.140. The molecule has 2 saturated carbocycles. The van der Waals surface area contributed by atoms with Crippen molar-refractivity contribution in [2.24, 2.45) is 35.5 Å². The van der Waals surface area contributed by atoms with Crippen LogP contribution in [0.15, 0.2) is 66.7 Å². The number of allylic oxidation sites excluding steroid dienone is 2. The van der Waals surface area contributed by atoms with Gasteiger partial charge in [-0.3, -0.25) is 24.2 Å². The molecule has 162 valence electrons. The second-order valence-corrected chi connectivity index (χ2v) is 9.52. The van der Waals surface area contributed by atoms with Gasteiger partial charge in [-0.15, -0.1) is 0 Å². The van der Waals surface area contributed by atoms with Crippen molar-refractivity contribution in [2.75, 3.05) is 11.6 Å². The van der Waals surface area contributed by atoms with E-state index in [-0.39, 0.29) is 48.1 Å². The molecule has 4 aliphatic carbocycles. The van der Waals surface area contributed by atoms with Crippen LogP contribution < -0.4 is 4.90 Å². The lowest BCUT2D eigenvalue weighted by atomic mass is 9.63. The SMILES string of the molecule is CCc1ccc(N(CN2C(=O)[C@H]3[C@@H]4C=C[C@H]([C@H]5C[C@H]45)[C@@H]3C2=O)C(=O)c2ccccc2)cc1. The third-order valence-corrected chi connectivity index (χ3v) is 7.96. The van der Waals surface area contributed by atoms with Gasteiger partial charge in [-0.1, -0.05) is 49.4 Å². The van der Waals surface area contributed by atoms with Gasteiger partial charge < -0.3 is 0 Å². The van der Waals surface area contributed by atoms with E-state index in [0.717, 1.165) is 12.8 Å². The van der Waals surface area contributed by atoms with Crippen molar-refractivity contribution in [1.29, 1.82) is 0 Å². The van der Waals surface area contributed by atoms with Gasteiger partial charge in [0.1, 0.15) is 6.67 Å². The number of likely N-dealkylation sites (tertiary alicyclic amines) is 1. The number of aryl methyl sites for hydroxylation is 1. The van der Waals surface area contributed by atoms with Gasteiger partial charge in [0.15, 0.2) is 0 Å². The minimum Gasteiger partial charge on any atom is -0.290 e. The largest absolute Gasteiger partial charge is 0.290 e. The van der Waals surface area contributed by atoms with Gasteiger partial charge >= 0.3 is 0 Å². The van der Waals surface area contributed by atoms with E-state index in [1.54, 1.807) is 17.0 Å². The minimum atomic E-state index is -0.252. The normalized spacial score (nSPS) is 31.5. The van der Waals surface area contributed by atoms with Crippen LogP contribution in [0, 0.1) is 35.5 Å². The van der Waals surface area contributed by atoms with Crippen LogP contribution in [-0.2, 0) is 16.0 Å². The molecule has 0 spiro atoms. The number of amides is 3. The average molecular weight is 427 g/mol. The Morgan fingerprint density at radius 3 is 2.06 bits per heavy atom. The number of imide groups is 1. The van der Waals surface area contributed by atoms with Crippen LogP contribution in [0.3, 0.4) is 0 Å². The van der Waals surface area contributed by atoms with Gasteiger partial charge in [0.2, 0.25) is 11.8 Å². The summed E-state index contributed by atoms with van der Waals surface area (Å²) in [6.07, 6.45) is 6.38. The highest BCUT2D eigenvalue weighted by Crippen LogP contribution is 2.65. The van der Waals surface area contributed by atoms with Crippen LogP contribution in [0.4, 0.5) is 5.69 Å². The van der Waals surface area contributed by atoms with Gasteiger partial charge in [0, 0.05) is 11.3 Å². The number of rotatable bonds is 5. The average Bonchev–Trinajstić information content (AvgIpc) is 3.63. The summed E-state index contributed by atoms with van der Waals surface area (Å²) in [5, 5.41) is 0. The maximum Gasteiger partial charge on any atom is 0.259 e. The fraction of sp³-hybridized carbons (Fsp3) is 0.370. The zero-order chi connectivity index (χ0) is 22.0. The Balaban J connectivity index is 1.33. The van der Waals surface area contributed by atoms with Crippen molar-refractivity contribution in [3.8, 4) is 0 Å². The van der Waals surface area contributed by atoms with Crippen molar-refractivity contribution in [1.82, 2.24) is 4.90 Å². The highest BCUT2D eigenvalue weighted by molar-refractivity contribution is 6.09. The molecule has 32 heavy (non-hydrogen) atoms. The molecular weight excluding hydrogens is 400 g/mol. The molecule has 3 fully saturated rings. The van der Waals surface area contributed by atoms with E-state index in [2.05, 4.69) is 19.1 Å². The number of benzene rings is 2. The predicted octanol–water partition coefficient (Wildman–Crippen LogP) is 3.91. The summed E-state index contributed by atoms with van der Waals surface area (Å²) in [5.41, 5.74) is 2.39. The topological polar surface area (TPSA) is 57.7 Å². The van der Waals surface area contributed by atoms with Crippen molar-refractivity contribution >= 4 is 23.4 Å². The van der Waals surface area contributed by atoms with Gasteiger partial charge in [0.25, 0.3) is 5.91 Å². The Kier molecular flexibility index (Phi) is 4.36. The minimum absolute atomic E-state index is 0.0430. The number of carbonyl (C=O) groups excluding carboxylic acids is 3. The highest BCUT2D eigenvalue weighted by Gasteiger charge is 2.67. The fourth-order valence-electron chi connectivity index (χ4n) is 6.21. The molecule has 0 radical (unpaired) electrons. The number of anilines is 1. The zero-order valence-electron chi connectivity index (χ0n) is 18.1. The summed E-state index contributed by atoms with van der Waals surface area (Å²) in [4.78, 5) is 43.3. The quantitative estimate of drug-likeness (QED) is 0.538. The third kappa shape index (κ3) is 2.80. The van der Waals surface area contributed by atoms with Gasteiger partial charge in [0.05, 0.1) is 11.8 Å². The smallest absolute Gasteiger partial charge is 0.259 e.